The number of nitrogens with zero attached hydrogens (tertiary/aromatic N) is 17. The summed E-state index contributed by atoms with van der Waals surface area (Å²) in [6.07, 6.45) is 0. The third-order valence-electron chi connectivity index (χ3n) is 27.5. The predicted octanol–water partition coefficient (Wildman–Crippen LogP) is 31.0. The molecular weight excluding hydrogens is 1790 g/mol. The first-order chi connectivity index (χ1) is 72.0. The van der Waals surface area contributed by atoms with E-state index < -0.39 is 0 Å². The van der Waals surface area contributed by atoms with Gasteiger partial charge < -0.3 is 0 Å². The molecule has 0 fully saturated rings. The molecule has 674 valence electrons. The van der Waals surface area contributed by atoms with Crippen LogP contribution in [-0.4, -0.2) is 47.3 Å². The van der Waals surface area contributed by atoms with Crippen molar-refractivity contribution in [3.05, 3.63) is 488 Å². The highest BCUT2D eigenvalue weighted by Gasteiger charge is 2.26. The second-order valence-electron chi connectivity index (χ2n) is 35.8. The molecule has 0 saturated heterocycles. The summed E-state index contributed by atoms with van der Waals surface area (Å²) in [5.74, 6) is 4.53. The van der Waals surface area contributed by atoms with E-state index in [0.29, 0.717) is 50.7 Å². The van der Waals surface area contributed by atoms with Crippen molar-refractivity contribution in [2.75, 3.05) is 0 Å². The van der Waals surface area contributed by atoms with Crippen molar-refractivity contribution >= 4 is 137 Å². The van der Waals surface area contributed by atoms with E-state index in [1.807, 2.05) is 182 Å². The lowest BCUT2D eigenvalue weighted by molar-refractivity contribution is 1.01. The zero-order valence-corrected chi connectivity index (χ0v) is 77.7. The molecule has 0 bridgehead atoms. The van der Waals surface area contributed by atoms with Gasteiger partial charge in [0.15, 0.2) is 5.69 Å². The van der Waals surface area contributed by atoms with Crippen molar-refractivity contribution in [1.82, 2.24) is 47.3 Å². The highest BCUT2D eigenvalue weighted by Crippen LogP contribution is 2.45. The number of hydrogen-bond acceptors (Lipinski definition) is 10. The minimum absolute atomic E-state index is 0.545. The first-order valence-corrected chi connectivity index (χ1v) is 47.5. The first kappa shape index (κ1) is 86.2. The highest BCUT2D eigenvalue weighted by atomic mass is 15.2. The number of aromatic nitrogens is 10. The van der Waals surface area contributed by atoms with Crippen LogP contribution >= 0.6 is 0 Å². The van der Waals surface area contributed by atoms with Gasteiger partial charge in [-0.1, -0.05) is 237 Å². The topological polar surface area (TPSA) is 228 Å². The molecule has 10 aromatic heterocycles. The molecule has 0 unspecified atom stereocenters. The Hall–Kier alpha value is -21.4. The lowest BCUT2D eigenvalue weighted by Crippen LogP contribution is -2.04. The zero-order valence-electron chi connectivity index (χ0n) is 77.7. The summed E-state index contributed by atoms with van der Waals surface area (Å²) in [5, 5.41) is 70.7. The van der Waals surface area contributed by atoms with Gasteiger partial charge in [-0.15, -0.1) is 0 Å². The molecule has 0 amide bonds. The van der Waals surface area contributed by atoms with Crippen LogP contribution in [0.4, 0.5) is 5.69 Å². The van der Waals surface area contributed by atoms with Gasteiger partial charge in [-0.05, 0) is 251 Å². The molecule has 17 nitrogen and oxygen atoms in total. The molecule has 27 rings (SSSR count). The molecule has 0 aliphatic heterocycles. The third-order valence-corrected chi connectivity index (χ3v) is 27.5. The summed E-state index contributed by atoms with van der Waals surface area (Å²) in [6, 6.07) is 162. The molecule has 27 aromatic rings. The molecule has 17 aromatic carbocycles. The number of nitriles is 6. The number of fused-ring (bicyclic) bond motifs is 18. The molecule has 0 aliphatic rings. The van der Waals surface area contributed by atoms with E-state index in [9.17, 15) is 31.6 Å². The highest BCUT2D eigenvalue weighted by molar-refractivity contribution is 6.15. The predicted molar refractivity (Wildman–Crippen MR) is 584 cm³/mol. The van der Waals surface area contributed by atoms with Gasteiger partial charge in [0.1, 0.15) is 34.9 Å². The Balaban J connectivity index is 0.000000114. The van der Waals surface area contributed by atoms with Crippen LogP contribution in [0.5, 0.6) is 0 Å². The molecule has 17 heteroatoms. The van der Waals surface area contributed by atoms with Gasteiger partial charge in [-0.3, -0.25) is 27.4 Å². The second-order valence-corrected chi connectivity index (χ2v) is 35.8. The zero-order chi connectivity index (χ0) is 98.2. The van der Waals surface area contributed by atoms with E-state index in [0.717, 1.165) is 200 Å². The van der Waals surface area contributed by atoms with Crippen LogP contribution in [0.2, 0.25) is 0 Å². The van der Waals surface area contributed by atoms with E-state index in [-0.39, 0.29) is 0 Å². The van der Waals surface area contributed by atoms with Gasteiger partial charge in [-0.25, -0.2) is 24.8 Å². The van der Waals surface area contributed by atoms with E-state index >= 15 is 0 Å². The Morgan fingerprint density at radius 3 is 0.726 bits per heavy atom. The summed E-state index contributed by atoms with van der Waals surface area (Å²) in [7, 11) is 0. The first-order valence-electron chi connectivity index (χ1n) is 47.5. The maximum Gasteiger partial charge on any atom is 0.196 e. The molecule has 0 atom stereocenters. The van der Waals surface area contributed by atoms with Crippen molar-refractivity contribution < 1.29 is 0 Å². The van der Waals surface area contributed by atoms with Gasteiger partial charge in [0.05, 0.1) is 154 Å². The van der Waals surface area contributed by atoms with E-state index in [4.69, 9.17) is 26.5 Å². The van der Waals surface area contributed by atoms with Crippen LogP contribution in [-0.2, 0) is 0 Å². The van der Waals surface area contributed by atoms with Crippen LogP contribution < -0.4 is 0 Å². The Morgan fingerprint density at radius 2 is 0.411 bits per heavy atom. The fraction of sp³-hybridized carbons (Fsp3) is 0. The smallest absolute Gasteiger partial charge is 0.196 e. The fourth-order valence-electron chi connectivity index (χ4n) is 21.0. The lowest BCUT2D eigenvalue weighted by atomic mass is 9.98. The quantitative estimate of drug-likeness (QED) is 0.105. The van der Waals surface area contributed by atoms with Crippen LogP contribution in [0.25, 0.3) is 238 Å². The van der Waals surface area contributed by atoms with Crippen LogP contribution in [0.15, 0.2) is 443 Å². The average Bonchev–Trinajstić information content (AvgIpc) is 1.59. The van der Waals surface area contributed by atoms with Gasteiger partial charge in [0.2, 0.25) is 0 Å². The summed E-state index contributed by atoms with van der Waals surface area (Å²) in [4.78, 5) is 25.1. The van der Waals surface area contributed by atoms with Crippen LogP contribution in [0.1, 0.15) is 33.4 Å². The molecule has 10 heterocycles. The SMILES string of the molecule is N#Cc1ccc(-c2cccc(-c3cc(-n4c5ccccc5c5ccccc54)nc(-n4c5ccc(C#N)cc5c5cc(C#N)ccc54)c3)c2)cc1.N#Cc1cccc(-c2cccc(-c3cc(-n4c5ccccc5c5ccccc54)nc(-n4c5ccc(C#N)cc5c5cc(C#N)ccc54)c3)c2)c1.[C-]#[N+]c1ccccc1-c1cccc(-c2cc(-n3c4ccccc4c4ccccc43)nc(-n3c4ccccc4c4ccccc43)c2)n1. The Kier molecular flexibility index (Phi) is 21.2. The van der Waals surface area contributed by atoms with Gasteiger partial charge in [-0.2, -0.15) is 31.6 Å². The largest absolute Gasteiger partial charge is 0.294 e. The molecular formula is C129H73N17. The maximum absolute atomic E-state index is 9.77. The maximum atomic E-state index is 9.77. The lowest BCUT2D eigenvalue weighted by Gasteiger charge is -2.15. The summed E-state index contributed by atoms with van der Waals surface area (Å²) >= 11 is 0. The molecule has 0 spiro atoms. The van der Waals surface area contributed by atoms with E-state index in [2.05, 4.69) is 330 Å². The van der Waals surface area contributed by atoms with E-state index in [1.54, 1.807) is 0 Å². The monoisotopic (exact) mass is 1860 g/mol. The molecule has 0 radical (unpaired) electrons. The standard InChI is InChI=1S/2C44H24N6.C41H25N5/c45-25-28-7-5-8-31(19-28)32-9-6-10-33(22-32)34-23-43(49-39-13-3-1-11-35(39)36-12-2-4-14-40(36)49)48-44(24-34)50-41-17-15-29(26-46)20-37(41)38-21-30(27-47)16-18-42(38)50;45-25-28-12-16-31(17-13-28)32-6-5-7-33(22-32)34-23-43(49-39-10-3-1-8-35(39)36-9-2-4-11-40(36)49)48-44(24-34)50-41-18-14-29(26-46)20-37(41)38-21-30(27-47)15-19-42(38)50;1-42-34-18-7-2-17-32(34)35-20-12-19-33(43-35)27-25-40(45-36-21-8-3-13-28(36)29-14-4-9-22-37(29)45)44-41(26-27)46-38-23-10-5-15-30(38)31-16-6-11-24-39(31)46/h2*1-24H;2-26H. The van der Waals surface area contributed by atoms with Gasteiger partial charge >= 0.3 is 0 Å². The van der Waals surface area contributed by atoms with Gasteiger partial charge in [0.25, 0.3) is 0 Å². The number of benzene rings is 17. The van der Waals surface area contributed by atoms with E-state index in [1.165, 1.54) is 21.5 Å². The van der Waals surface area contributed by atoms with Crippen molar-refractivity contribution in [2.45, 2.75) is 0 Å². The molecule has 146 heavy (non-hydrogen) atoms. The van der Waals surface area contributed by atoms with Crippen molar-refractivity contribution in [1.29, 1.82) is 31.6 Å². The van der Waals surface area contributed by atoms with Crippen molar-refractivity contribution in [3.8, 4) is 138 Å². The summed E-state index contributed by atoms with van der Waals surface area (Å²) in [5.41, 5.74) is 27.4. The van der Waals surface area contributed by atoms with Gasteiger partial charge in [0, 0.05) is 75.8 Å². The van der Waals surface area contributed by atoms with Crippen molar-refractivity contribution in [3.63, 3.8) is 0 Å². The Morgan fingerprint density at radius 1 is 0.171 bits per heavy atom. The Bertz CT molecular complexity index is 10000. The Labute approximate surface area is 835 Å². The molecule has 0 saturated carbocycles. The van der Waals surface area contributed by atoms with Crippen LogP contribution in [0.3, 0.4) is 0 Å². The summed E-state index contributed by atoms with van der Waals surface area (Å²) < 4.78 is 13.2. The van der Waals surface area contributed by atoms with Crippen LogP contribution in [0, 0.1) is 74.6 Å². The average molecular weight is 1860 g/mol. The third kappa shape index (κ3) is 14.8. The minimum Gasteiger partial charge on any atom is -0.294 e. The number of hydrogen-bond donors (Lipinski definition) is 0. The molecule has 0 N–H and O–H groups in total. The summed E-state index contributed by atoms with van der Waals surface area (Å²) in [6.45, 7) is 7.72. The number of pyridine rings is 4. The minimum atomic E-state index is 0.545. The second kappa shape index (κ2) is 35.8. The number of para-hydroxylation sites is 9. The fourth-order valence-corrected chi connectivity index (χ4v) is 21.0. The normalized spacial score (nSPS) is 11.2. The van der Waals surface area contributed by atoms with Crippen molar-refractivity contribution in [2.24, 2.45) is 0 Å². The molecule has 0 aliphatic carbocycles. The number of rotatable bonds is 12.